The number of nitrogens with zero attached hydrogens (tertiary/aromatic N) is 2. The van der Waals surface area contributed by atoms with E-state index < -0.39 is 0 Å². The van der Waals surface area contributed by atoms with Gasteiger partial charge in [0.15, 0.2) is 0 Å². The predicted molar refractivity (Wildman–Crippen MR) is 79.0 cm³/mol. The third-order valence-corrected chi connectivity index (χ3v) is 3.01. The summed E-state index contributed by atoms with van der Waals surface area (Å²) in [7, 11) is 0. The van der Waals surface area contributed by atoms with Crippen LogP contribution in [0.15, 0.2) is 30.3 Å². The fourth-order valence-corrected chi connectivity index (χ4v) is 1.85. The maximum absolute atomic E-state index is 5.75. The van der Waals surface area contributed by atoms with Gasteiger partial charge in [0, 0.05) is 19.0 Å². The van der Waals surface area contributed by atoms with Crippen molar-refractivity contribution in [2.24, 2.45) is 0 Å². The maximum atomic E-state index is 5.75. The maximum Gasteiger partial charge on any atom is 0.132 e. The van der Waals surface area contributed by atoms with Crippen LogP contribution in [0.1, 0.15) is 30.8 Å². The summed E-state index contributed by atoms with van der Waals surface area (Å²) >= 11 is 0. The Morgan fingerprint density at radius 1 is 1.00 bits per heavy atom. The standard InChI is InChI=1S/C15H20N4/c1-3-11-5-7-12(8-6-11)10-17-15-9-13(16)18-14(4-2)19-15/h5-9H,3-4,10H2,1-2H3,(H3,16,17,18,19). The Hall–Kier alpha value is -2.10. The number of benzene rings is 1. The van der Waals surface area contributed by atoms with Crippen LogP contribution in [0.5, 0.6) is 0 Å². The van der Waals surface area contributed by atoms with E-state index in [9.17, 15) is 0 Å². The molecule has 19 heavy (non-hydrogen) atoms. The zero-order valence-corrected chi connectivity index (χ0v) is 11.5. The van der Waals surface area contributed by atoms with Gasteiger partial charge in [-0.05, 0) is 17.5 Å². The van der Waals surface area contributed by atoms with E-state index in [2.05, 4.69) is 46.5 Å². The average Bonchev–Trinajstić information content (AvgIpc) is 2.45. The molecule has 3 N–H and O–H groups in total. The SMILES string of the molecule is CCc1ccc(CNc2cc(N)nc(CC)n2)cc1. The highest BCUT2D eigenvalue weighted by Gasteiger charge is 2.01. The average molecular weight is 256 g/mol. The lowest BCUT2D eigenvalue weighted by Gasteiger charge is -2.08. The lowest BCUT2D eigenvalue weighted by Crippen LogP contribution is -2.06. The first-order valence-electron chi connectivity index (χ1n) is 6.66. The zero-order valence-electron chi connectivity index (χ0n) is 11.5. The first kappa shape index (κ1) is 13.3. The van der Waals surface area contributed by atoms with Crippen molar-refractivity contribution in [1.82, 2.24) is 9.97 Å². The third-order valence-electron chi connectivity index (χ3n) is 3.01. The minimum absolute atomic E-state index is 0.510. The molecule has 0 saturated heterocycles. The smallest absolute Gasteiger partial charge is 0.132 e. The van der Waals surface area contributed by atoms with Gasteiger partial charge in [0.1, 0.15) is 17.5 Å². The van der Waals surface area contributed by atoms with Crippen molar-refractivity contribution in [1.29, 1.82) is 0 Å². The van der Waals surface area contributed by atoms with Gasteiger partial charge in [0.25, 0.3) is 0 Å². The van der Waals surface area contributed by atoms with Gasteiger partial charge in [-0.15, -0.1) is 0 Å². The van der Waals surface area contributed by atoms with Crippen molar-refractivity contribution in [2.75, 3.05) is 11.1 Å². The van der Waals surface area contributed by atoms with Crippen LogP contribution in [0.3, 0.4) is 0 Å². The highest BCUT2D eigenvalue weighted by Crippen LogP contribution is 2.11. The van der Waals surface area contributed by atoms with E-state index in [-0.39, 0.29) is 0 Å². The summed E-state index contributed by atoms with van der Waals surface area (Å²) < 4.78 is 0. The lowest BCUT2D eigenvalue weighted by atomic mass is 10.1. The van der Waals surface area contributed by atoms with E-state index in [0.29, 0.717) is 5.82 Å². The molecule has 1 aromatic heterocycles. The van der Waals surface area contributed by atoms with Crippen LogP contribution in [0.25, 0.3) is 0 Å². The van der Waals surface area contributed by atoms with Gasteiger partial charge in [-0.25, -0.2) is 9.97 Å². The van der Waals surface area contributed by atoms with Crippen LogP contribution in [-0.2, 0) is 19.4 Å². The molecule has 1 heterocycles. The molecule has 4 heteroatoms. The van der Waals surface area contributed by atoms with Crippen LogP contribution in [0, 0.1) is 0 Å². The Morgan fingerprint density at radius 3 is 2.32 bits per heavy atom. The number of rotatable bonds is 5. The van der Waals surface area contributed by atoms with Gasteiger partial charge in [-0.3, -0.25) is 0 Å². The first-order valence-corrected chi connectivity index (χ1v) is 6.66. The molecule has 0 unspecified atom stereocenters. The molecule has 4 nitrogen and oxygen atoms in total. The third kappa shape index (κ3) is 3.68. The number of nitrogens with one attached hydrogen (secondary N) is 1. The minimum Gasteiger partial charge on any atom is -0.384 e. The zero-order chi connectivity index (χ0) is 13.7. The van der Waals surface area contributed by atoms with E-state index in [0.717, 1.165) is 31.0 Å². The van der Waals surface area contributed by atoms with Crippen LogP contribution >= 0.6 is 0 Å². The van der Waals surface area contributed by atoms with E-state index in [1.54, 1.807) is 6.07 Å². The molecular weight excluding hydrogens is 236 g/mol. The Balaban J connectivity index is 2.03. The number of hydrogen-bond donors (Lipinski definition) is 2. The van der Waals surface area contributed by atoms with Crippen LogP contribution in [-0.4, -0.2) is 9.97 Å². The molecule has 0 radical (unpaired) electrons. The molecule has 0 aliphatic heterocycles. The number of aryl methyl sites for hydroxylation is 2. The molecule has 100 valence electrons. The van der Waals surface area contributed by atoms with Gasteiger partial charge >= 0.3 is 0 Å². The number of anilines is 2. The summed E-state index contributed by atoms with van der Waals surface area (Å²) in [6.07, 6.45) is 1.85. The predicted octanol–water partition coefficient (Wildman–Crippen LogP) is 2.80. The van der Waals surface area contributed by atoms with Crippen LogP contribution in [0.4, 0.5) is 11.6 Å². The number of nitrogens with two attached hydrogens (primary N) is 1. The summed E-state index contributed by atoms with van der Waals surface area (Å²) in [4.78, 5) is 8.56. The van der Waals surface area contributed by atoms with Crippen LogP contribution < -0.4 is 11.1 Å². The van der Waals surface area contributed by atoms with Crippen molar-refractivity contribution < 1.29 is 0 Å². The summed E-state index contributed by atoms with van der Waals surface area (Å²) in [6, 6.07) is 10.3. The van der Waals surface area contributed by atoms with Crippen molar-refractivity contribution in [3.05, 3.63) is 47.3 Å². The highest BCUT2D eigenvalue weighted by molar-refractivity contribution is 5.45. The fourth-order valence-electron chi connectivity index (χ4n) is 1.85. The van der Waals surface area contributed by atoms with Crippen molar-refractivity contribution >= 4 is 11.6 Å². The van der Waals surface area contributed by atoms with Gasteiger partial charge < -0.3 is 11.1 Å². The molecule has 0 aliphatic carbocycles. The monoisotopic (exact) mass is 256 g/mol. The van der Waals surface area contributed by atoms with Crippen molar-refractivity contribution in [3.8, 4) is 0 Å². The molecule has 0 atom stereocenters. The van der Waals surface area contributed by atoms with Crippen LogP contribution in [0.2, 0.25) is 0 Å². The number of aromatic nitrogens is 2. The van der Waals surface area contributed by atoms with E-state index >= 15 is 0 Å². The van der Waals surface area contributed by atoms with Gasteiger partial charge in [-0.2, -0.15) is 0 Å². The second kappa shape index (κ2) is 6.18. The largest absolute Gasteiger partial charge is 0.384 e. The summed E-state index contributed by atoms with van der Waals surface area (Å²) in [5, 5.41) is 3.28. The molecule has 0 amide bonds. The molecule has 0 fully saturated rings. The quantitative estimate of drug-likeness (QED) is 0.863. The van der Waals surface area contributed by atoms with Gasteiger partial charge in [-0.1, -0.05) is 38.1 Å². The molecular formula is C15H20N4. The first-order chi connectivity index (χ1) is 9.21. The molecule has 2 rings (SSSR count). The molecule has 0 bridgehead atoms. The van der Waals surface area contributed by atoms with E-state index in [1.165, 1.54) is 11.1 Å². The second-order valence-electron chi connectivity index (χ2n) is 4.47. The Bertz CT molecular complexity index is 534. The normalized spacial score (nSPS) is 10.4. The topological polar surface area (TPSA) is 63.8 Å². The summed E-state index contributed by atoms with van der Waals surface area (Å²) in [5.41, 5.74) is 8.33. The Kier molecular flexibility index (Phi) is 4.34. The summed E-state index contributed by atoms with van der Waals surface area (Å²) in [5.74, 6) is 2.06. The highest BCUT2D eigenvalue weighted by atomic mass is 15.0. The number of hydrogen-bond acceptors (Lipinski definition) is 4. The number of nitrogen functional groups attached to an aromatic ring is 1. The van der Waals surface area contributed by atoms with E-state index in [4.69, 9.17) is 5.73 Å². The lowest BCUT2D eigenvalue weighted by molar-refractivity contribution is 0.937. The van der Waals surface area contributed by atoms with Gasteiger partial charge in [0.05, 0.1) is 0 Å². The van der Waals surface area contributed by atoms with Crippen molar-refractivity contribution in [2.45, 2.75) is 33.2 Å². The molecule has 2 aromatic rings. The second-order valence-corrected chi connectivity index (χ2v) is 4.47. The van der Waals surface area contributed by atoms with E-state index in [1.807, 2.05) is 6.92 Å². The minimum atomic E-state index is 0.510. The fraction of sp³-hybridized carbons (Fsp3) is 0.333. The Morgan fingerprint density at radius 2 is 1.68 bits per heavy atom. The molecule has 0 spiro atoms. The summed E-state index contributed by atoms with van der Waals surface area (Å²) in [6.45, 7) is 4.91. The van der Waals surface area contributed by atoms with Crippen molar-refractivity contribution in [3.63, 3.8) is 0 Å². The van der Waals surface area contributed by atoms with Gasteiger partial charge in [0.2, 0.25) is 0 Å². The Labute approximate surface area is 114 Å². The molecule has 1 aromatic carbocycles. The molecule has 0 saturated carbocycles. The molecule has 0 aliphatic rings.